The highest BCUT2D eigenvalue weighted by molar-refractivity contribution is 5.88. The van der Waals surface area contributed by atoms with Crippen LogP contribution in [0.5, 0.6) is 0 Å². The largest absolute Gasteiger partial charge is 0.382 e. The smallest absolute Gasteiger partial charge is 0.151 e. The fourth-order valence-electron chi connectivity index (χ4n) is 3.25. The number of benzene rings is 1. The monoisotopic (exact) mass is 278 g/mol. The van der Waals surface area contributed by atoms with Gasteiger partial charge in [0.1, 0.15) is 5.52 Å². The summed E-state index contributed by atoms with van der Waals surface area (Å²) >= 11 is 0. The van der Waals surface area contributed by atoms with Crippen LogP contribution in [0, 0.1) is 0 Å². The van der Waals surface area contributed by atoms with Gasteiger partial charge in [0.15, 0.2) is 5.82 Å². The summed E-state index contributed by atoms with van der Waals surface area (Å²) in [4.78, 5) is 9.06. The van der Waals surface area contributed by atoms with Crippen LogP contribution in [-0.2, 0) is 19.4 Å². The minimum atomic E-state index is 0.567. The summed E-state index contributed by atoms with van der Waals surface area (Å²) in [5, 5.41) is 0. The molecule has 1 aliphatic rings. The lowest BCUT2D eigenvalue weighted by Crippen LogP contribution is -2.10. The number of rotatable bonds is 2. The van der Waals surface area contributed by atoms with Crippen LogP contribution in [0.3, 0.4) is 0 Å². The quantitative estimate of drug-likeness (QED) is 0.784. The average Bonchev–Trinajstić information content (AvgIpc) is 2.93. The number of nitrogens with two attached hydrogens (primary N) is 1. The predicted octanol–water partition coefficient (Wildman–Crippen LogP) is 2.94. The Morgan fingerprint density at radius 2 is 1.90 bits per heavy atom. The number of nitrogen functional groups attached to an aromatic ring is 1. The molecule has 0 amide bonds. The van der Waals surface area contributed by atoms with E-state index in [4.69, 9.17) is 5.73 Å². The molecule has 0 unspecified atom stereocenters. The number of nitrogens with zero attached hydrogens (tertiary/aromatic N) is 3. The standard InChI is InChI=1S/C17H18N4/c18-17-15-16(13-8-4-5-9-14(13)20-17)21(11-19-15)10-12-6-2-1-3-7-12/h1-3,6-7,11H,4-5,8-10H2,(H2,18,20). The zero-order valence-electron chi connectivity index (χ0n) is 11.9. The van der Waals surface area contributed by atoms with Gasteiger partial charge >= 0.3 is 0 Å². The summed E-state index contributed by atoms with van der Waals surface area (Å²) in [5.74, 6) is 0.567. The molecule has 2 aromatic heterocycles. The molecule has 1 aromatic carbocycles. The maximum atomic E-state index is 6.10. The second-order valence-corrected chi connectivity index (χ2v) is 5.68. The van der Waals surface area contributed by atoms with Gasteiger partial charge in [-0.15, -0.1) is 0 Å². The van der Waals surface area contributed by atoms with E-state index in [9.17, 15) is 0 Å². The first-order valence-electron chi connectivity index (χ1n) is 7.49. The molecule has 0 saturated heterocycles. The van der Waals surface area contributed by atoms with Crippen LogP contribution in [0.2, 0.25) is 0 Å². The van der Waals surface area contributed by atoms with Crippen LogP contribution >= 0.6 is 0 Å². The van der Waals surface area contributed by atoms with Gasteiger partial charge in [0.05, 0.1) is 11.8 Å². The van der Waals surface area contributed by atoms with E-state index >= 15 is 0 Å². The summed E-state index contributed by atoms with van der Waals surface area (Å²) in [5.41, 5.74) is 11.9. The van der Waals surface area contributed by atoms with Gasteiger partial charge in [0, 0.05) is 12.2 Å². The number of pyridine rings is 1. The van der Waals surface area contributed by atoms with Crippen molar-refractivity contribution in [3.05, 3.63) is 53.5 Å². The summed E-state index contributed by atoms with van der Waals surface area (Å²) in [6.07, 6.45) is 6.44. The van der Waals surface area contributed by atoms with Crippen LogP contribution < -0.4 is 5.73 Å². The van der Waals surface area contributed by atoms with Gasteiger partial charge in [-0.1, -0.05) is 30.3 Å². The van der Waals surface area contributed by atoms with Gasteiger partial charge in [-0.2, -0.15) is 0 Å². The highest BCUT2D eigenvalue weighted by Crippen LogP contribution is 2.30. The fraction of sp³-hybridized carbons (Fsp3) is 0.294. The second kappa shape index (κ2) is 4.88. The van der Waals surface area contributed by atoms with Crippen molar-refractivity contribution in [1.29, 1.82) is 0 Å². The van der Waals surface area contributed by atoms with Gasteiger partial charge in [0.25, 0.3) is 0 Å². The first-order valence-corrected chi connectivity index (χ1v) is 7.49. The molecule has 0 bridgehead atoms. The topological polar surface area (TPSA) is 56.7 Å². The van der Waals surface area contributed by atoms with Crippen molar-refractivity contribution in [2.24, 2.45) is 0 Å². The van der Waals surface area contributed by atoms with Gasteiger partial charge in [-0.3, -0.25) is 0 Å². The normalized spacial score (nSPS) is 14.3. The van der Waals surface area contributed by atoms with E-state index < -0.39 is 0 Å². The van der Waals surface area contributed by atoms with E-state index in [0.717, 1.165) is 24.9 Å². The lowest BCUT2D eigenvalue weighted by Gasteiger charge is -2.17. The number of imidazole rings is 1. The average molecular weight is 278 g/mol. The van der Waals surface area contributed by atoms with Crippen molar-refractivity contribution in [3.63, 3.8) is 0 Å². The molecule has 0 radical (unpaired) electrons. The number of aryl methyl sites for hydroxylation is 2. The lowest BCUT2D eigenvalue weighted by atomic mass is 9.95. The number of hydrogen-bond acceptors (Lipinski definition) is 3. The number of anilines is 1. The van der Waals surface area contributed by atoms with Crippen molar-refractivity contribution >= 4 is 16.9 Å². The van der Waals surface area contributed by atoms with E-state index in [1.54, 1.807) is 0 Å². The minimum absolute atomic E-state index is 0.567. The Labute approximate surface area is 123 Å². The van der Waals surface area contributed by atoms with Crippen molar-refractivity contribution < 1.29 is 0 Å². The van der Waals surface area contributed by atoms with E-state index in [2.05, 4.69) is 38.8 Å². The van der Waals surface area contributed by atoms with Crippen LogP contribution in [0.25, 0.3) is 11.0 Å². The molecule has 4 nitrogen and oxygen atoms in total. The van der Waals surface area contributed by atoms with Crippen LogP contribution in [0.1, 0.15) is 29.7 Å². The molecule has 2 N–H and O–H groups in total. The molecule has 0 fully saturated rings. The Morgan fingerprint density at radius 1 is 1.10 bits per heavy atom. The summed E-state index contributed by atoms with van der Waals surface area (Å²) in [6, 6.07) is 10.5. The predicted molar refractivity (Wildman–Crippen MR) is 84.1 cm³/mol. The third-order valence-corrected chi connectivity index (χ3v) is 4.26. The molecule has 0 spiro atoms. The molecule has 0 aliphatic heterocycles. The number of fused-ring (bicyclic) bond motifs is 3. The first-order chi connectivity index (χ1) is 10.3. The molecule has 4 rings (SSSR count). The van der Waals surface area contributed by atoms with Crippen molar-refractivity contribution in [2.75, 3.05) is 5.73 Å². The zero-order chi connectivity index (χ0) is 14.2. The second-order valence-electron chi connectivity index (χ2n) is 5.68. The third kappa shape index (κ3) is 2.07. The van der Waals surface area contributed by atoms with Crippen LogP contribution in [0.4, 0.5) is 5.82 Å². The Bertz CT molecular complexity index is 789. The van der Waals surface area contributed by atoms with E-state index in [1.165, 1.54) is 35.2 Å². The molecule has 21 heavy (non-hydrogen) atoms. The van der Waals surface area contributed by atoms with E-state index in [1.807, 2.05) is 12.4 Å². The van der Waals surface area contributed by atoms with Crippen LogP contribution in [0.15, 0.2) is 36.7 Å². The summed E-state index contributed by atoms with van der Waals surface area (Å²) < 4.78 is 2.22. The Kier molecular flexibility index (Phi) is 2.88. The SMILES string of the molecule is Nc1nc2c(c3c1ncn3Cc1ccccc1)CCCC2. The van der Waals surface area contributed by atoms with Gasteiger partial charge < -0.3 is 10.3 Å². The third-order valence-electron chi connectivity index (χ3n) is 4.26. The highest BCUT2D eigenvalue weighted by Gasteiger charge is 2.19. The van der Waals surface area contributed by atoms with E-state index in [-0.39, 0.29) is 0 Å². The number of hydrogen-bond donors (Lipinski definition) is 1. The molecular formula is C17H18N4. The van der Waals surface area contributed by atoms with Crippen molar-refractivity contribution in [1.82, 2.24) is 14.5 Å². The summed E-state index contributed by atoms with van der Waals surface area (Å²) in [6.45, 7) is 0.827. The van der Waals surface area contributed by atoms with Crippen LogP contribution in [-0.4, -0.2) is 14.5 Å². The Hall–Kier alpha value is -2.36. The van der Waals surface area contributed by atoms with Crippen molar-refractivity contribution in [3.8, 4) is 0 Å². The fourth-order valence-corrected chi connectivity index (χ4v) is 3.25. The molecule has 3 aromatic rings. The minimum Gasteiger partial charge on any atom is -0.382 e. The first kappa shape index (κ1) is 12.4. The van der Waals surface area contributed by atoms with Gasteiger partial charge in [-0.25, -0.2) is 9.97 Å². The maximum Gasteiger partial charge on any atom is 0.151 e. The van der Waals surface area contributed by atoms with Gasteiger partial charge in [0.2, 0.25) is 0 Å². The highest BCUT2D eigenvalue weighted by atomic mass is 15.1. The molecule has 1 aliphatic carbocycles. The molecular weight excluding hydrogens is 260 g/mol. The molecule has 106 valence electrons. The molecule has 2 heterocycles. The molecule has 0 saturated carbocycles. The number of aromatic nitrogens is 3. The zero-order valence-corrected chi connectivity index (χ0v) is 11.9. The van der Waals surface area contributed by atoms with Gasteiger partial charge in [-0.05, 0) is 36.8 Å². The van der Waals surface area contributed by atoms with E-state index in [0.29, 0.717) is 5.82 Å². The van der Waals surface area contributed by atoms with Crippen molar-refractivity contribution in [2.45, 2.75) is 32.2 Å². The Balaban J connectivity index is 1.88. The maximum absolute atomic E-state index is 6.10. The summed E-state index contributed by atoms with van der Waals surface area (Å²) in [7, 11) is 0. The lowest BCUT2D eigenvalue weighted by molar-refractivity contribution is 0.669. The Morgan fingerprint density at radius 3 is 2.76 bits per heavy atom. The molecule has 4 heteroatoms. The molecule has 0 atom stereocenters.